The van der Waals surface area contributed by atoms with Crippen LogP contribution in [0.5, 0.6) is 5.88 Å². The quantitative estimate of drug-likeness (QED) is 0.0587. The first-order valence-electron chi connectivity index (χ1n) is 27.8. The number of aromatic nitrogens is 6. The molecule has 19 heteroatoms. The third-order valence-electron chi connectivity index (χ3n) is 16.4. The molecule has 0 amide bonds. The lowest BCUT2D eigenvalue weighted by atomic mass is 9.92. The highest BCUT2D eigenvalue weighted by Crippen LogP contribution is 2.45. The van der Waals surface area contributed by atoms with Crippen molar-refractivity contribution in [2.45, 2.75) is 71.5 Å². The van der Waals surface area contributed by atoms with Crippen LogP contribution in [-0.4, -0.2) is 75.1 Å². The van der Waals surface area contributed by atoms with E-state index in [0.29, 0.717) is 91.5 Å². The van der Waals surface area contributed by atoms with E-state index < -0.39 is 11.9 Å². The van der Waals surface area contributed by atoms with Crippen LogP contribution >= 0.6 is 34.0 Å². The zero-order valence-corrected chi connectivity index (χ0v) is 49.7. The Morgan fingerprint density at radius 3 is 1.58 bits per heavy atom. The number of alkyl halides is 3. The lowest BCUT2D eigenvalue weighted by Gasteiger charge is -2.23. The second kappa shape index (κ2) is 22.6. The third-order valence-corrected chi connectivity index (χ3v) is 19.1. The molecule has 3 aromatic carbocycles. The van der Waals surface area contributed by atoms with Crippen LogP contribution in [0.4, 0.5) is 13.2 Å². The minimum Gasteiger partial charge on any atom is -0.481 e. The Morgan fingerprint density at radius 2 is 1.06 bits per heavy atom. The van der Waals surface area contributed by atoms with E-state index in [1.165, 1.54) is 34.0 Å². The summed E-state index contributed by atoms with van der Waals surface area (Å²) in [6.45, 7) is 12.4. The van der Waals surface area contributed by atoms with Crippen molar-refractivity contribution in [3.8, 4) is 39.3 Å². The third kappa shape index (κ3) is 10.2. The Morgan fingerprint density at radius 1 is 0.595 bits per heavy atom. The molecule has 0 radical (unpaired) electrons. The van der Waals surface area contributed by atoms with Gasteiger partial charge in [-0.2, -0.15) is 13.2 Å². The molecule has 0 aliphatic carbocycles. The molecular weight excluding hydrogens is 1120 g/mol. The average Bonchev–Trinajstić information content (AvgIpc) is 1.39. The topological polar surface area (TPSA) is 188 Å². The van der Waals surface area contributed by atoms with Crippen molar-refractivity contribution in [2.75, 3.05) is 40.3 Å². The first kappa shape index (κ1) is 56.6. The van der Waals surface area contributed by atoms with Gasteiger partial charge in [-0.05, 0) is 113 Å². The van der Waals surface area contributed by atoms with E-state index in [1.807, 2.05) is 75.0 Å². The van der Waals surface area contributed by atoms with Gasteiger partial charge in [-0.3, -0.25) is 19.4 Å². The molecular formula is C65H60F3N9O4S3. The van der Waals surface area contributed by atoms with Crippen LogP contribution in [0.3, 0.4) is 0 Å². The predicted molar refractivity (Wildman–Crippen MR) is 338 cm³/mol. The van der Waals surface area contributed by atoms with Gasteiger partial charge in [-0.1, -0.05) is 93.6 Å². The summed E-state index contributed by atoms with van der Waals surface area (Å²) in [7, 11) is 3.51. The number of aromatic amines is 3. The fourth-order valence-corrected chi connectivity index (χ4v) is 14.4. The maximum absolute atomic E-state index is 15.6. The maximum atomic E-state index is 15.6. The average molecular weight is 1180 g/mol. The number of nitrogens with zero attached hydrogens (tertiary/aromatic N) is 4. The fraction of sp³-hybridized carbons (Fsp3) is 0.262. The molecule has 12 aromatic rings. The summed E-state index contributed by atoms with van der Waals surface area (Å²) in [5.74, 6) is 0.609. The number of aryl methyl sites for hydroxylation is 2. The van der Waals surface area contributed by atoms with Crippen LogP contribution in [0.15, 0.2) is 122 Å². The van der Waals surface area contributed by atoms with E-state index in [9.17, 15) is 14.4 Å². The normalized spacial score (nSPS) is 13.4. The zero-order valence-electron chi connectivity index (χ0n) is 47.2. The van der Waals surface area contributed by atoms with E-state index in [4.69, 9.17) is 20.4 Å². The van der Waals surface area contributed by atoms with Crippen LogP contribution < -0.4 is 32.5 Å². The molecule has 0 saturated carbocycles. The zero-order chi connectivity index (χ0) is 58.9. The van der Waals surface area contributed by atoms with Gasteiger partial charge >= 0.3 is 6.18 Å². The van der Waals surface area contributed by atoms with Crippen LogP contribution in [0, 0.1) is 13.8 Å². The van der Waals surface area contributed by atoms with Gasteiger partial charge in [0.1, 0.15) is 14.1 Å². The number of nitrogens with one attached hydrogen (secondary N) is 4. The molecule has 13 nitrogen and oxygen atoms in total. The molecule has 0 saturated heterocycles. The smallest absolute Gasteiger partial charge is 0.433 e. The van der Waals surface area contributed by atoms with Crippen molar-refractivity contribution in [1.29, 1.82) is 0 Å². The highest BCUT2D eigenvalue weighted by atomic mass is 32.1. The fourth-order valence-electron chi connectivity index (χ4n) is 12.0. The Kier molecular flexibility index (Phi) is 15.2. The van der Waals surface area contributed by atoms with Crippen LogP contribution in [0.2, 0.25) is 0 Å². The number of rotatable bonds is 17. The van der Waals surface area contributed by atoms with Crippen LogP contribution in [-0.2, 0) is 19.1 Å². The molecule has 3 atom stereocenters. The number of methoxy groups -OCH3 is 1. The number of nitrogens with two attached hydrogens (primary N) is 1. The number of H-pyrrole nitrogens is 3. The lowest BCUT2D eigenvalue weighted by molar-refractivity contribution is -0.140. The van der Waals surface area contributed by atoms with Gasteiger partial charge in [0, 0.05) is 81.7 Å². The molecule has 0 aliphatic heterocycles. The van der Waals surface area contributed by atoms with Crippen molar-refractivity contribution in [3.63, 3.8) is 0 Å². The number of thiophene rings is 3. The van der Waals surface area contributed by atoms with Crippen molar-refractivity contribution in [2.24, 2.45) is 5.73 Å². The van der Waals surface area contributed by atoms with Crippen molar-refractivity contribution in [3.05, 3.63) is 183 Å². The summed E-state index contributed by atoms with van der Waals surface area (Å²) < 4.78 is 54.2. The number of fused-ring (bicyclic) bond motifs is 9. The monoisotopic (exact) mass is 1180 g/mol. The van der Waals surface area contributed by atoms with Gasteiger partial charge in [-0.25, -0.2) is 9.97 Å². The van der Waals surface area contributed by atoms with Crippen molar-refractivity contribution >= 4 is 97.0 Å². The number of likely N-dealkylation sites (N-methyl/N-ethyl adjacent to an activating group) is 1. The molecule has 12 rings (SSSR count). The minimum atomic E-state index is -4.83. The first-order chi connectivity index (χ1) is 40.4. The van der Waals surface area contributed by atoms with E-state index in [0.717, 1.165) is 66.2 Å². The summed E-state index contributed by atoms with van der Waals surface area (Å²) in [5, 5.41) is 13.4. The first-order valence-corrected chi connectivity index (χ1v) is 30.4. The number of hydrogen-bond donors (Lipinski definition) is 5. The van der Waals surface area contributed by atoms with Gasteiger partial charge < -0.3 is 35.6 Å². The number of benzene rings is 3. The summed E-state index contributed by atoms with van der Waals surface area (Å²) in [5.41, 5.74) is 15.1. The second-order valence-electron chi connectivity index (χ2n) is 21.9. The molecule has 3 unspecified atom stereocenters. The number of pyridine rings is 6. The molecule has 0 spiro atoms. The Bertz CT molecular complexity index is 4700. The SMILES string of the molecule is COc1nc(C)c2[nH]c(=O)c3sccc3c2c1-c1ccc(C(C)CN(C)CCc2nc(C(F)(F)F)c(-c3ccc(C(C)CNCc4nc(C)c(-c5ccc(C(C)CN)cc5)c5c4[nH]c(=O)c4sccc45)cc3)c3c2[nH]c(=O)c2sccc23)cc1. The van der Waals surface area contributed by atoms with Gasteiger partial charge in [0.25, 0.3) is 16.7 Å². The molecule has 0 fully saturated rings. The van der Waals surface area contributed by atoms with Crippen molar-refractivity contribution in [1.82, 2.24) is 40.1 Å². The Labute approximate surface area is 492 Å². The van der Waals surface area contributed by atoms with Gasteiger partial charge in [0.05, 0.1) is 46.3 Å². The summed E-state index contributed by atoms with van der Waals surface area (Å²) in [4.78, 5) is 65.5. The highest BCUT2D eigenvalue weighted by molar-refractivity contribution is 7.18. The van der Waals surface area contributed by atoms with Gasteiger partial charge in [0.2, 0.25) is 5.88 Å². The highest BCUT2D eigenvalue weighted by Gasteiger charge is 2.38. The molecule has 0 aliphatic rings. The number of hydrogen-bond acceptors (Lipinski definition) is 13. The van der Waals surface area contributed by atoms with Gasteiger partial charge in [-0.15, -0.1) is 34.0 Å². The second-order valence-corrected chi connectivity index (χ2v) is 24.7. The molecule has 84 heavy (non-hydrogen) atoms. The summed E-state index contributed by atoms with van der Waals surface area (Å²) >= 11 is 3.98. The summed E-state index contributed by atoms with van der Waals surface area (Å²) in [6, 6.07) is 29.3. The van der Waals surface area contributed by atoms with Crippen LogP contribution in [0.1, 0.15) is 83.7 Å². The van der Waals surface area contributed by atoms with E-state index in [-0.39, 0.29) is 57.6 Å². The summed E-state index contributed by atoms with van der Waals surface area (Å²) in [6.07, 6.45) is -4.70. The minimum absolute atomic E-state index is 0.0210. The molecule has 9 aromatic heterocycles. The predicted octanol–water partition coefficient (Wildman–Crippen LogP) is 13.9. The Hall–Kier alpha value is -7.91. The lowest BCUT2D eigenvalue weighted by Crippen LogP contribution is -2.26. The molecule has 6 N–H and O–H groups in total. The van der Waals surface area contributed by atoms with Crippen LogP contribution in [0.25, 0.3) is 96.3 Å². The molecule has 9 heterocycles. The molecule has 0 bridgehead atoms. The van der Waals surface area contributed by atoms with Crippen molar-refractivity contribution < 1.29 is 17.9 Å². The number of halogens is 3. The standard InChI is InChI=1S/C65H60F3N9O4S3/c1-32(28-69)37-8-14-40(15-9-37)48-35(4)71-47(56-51(48)43-21-25-82-57(43)63(80)76-56)30-70-29-33(2)38-10-16-41(17-11-38)49-52-44-22-26-83-58(44)62(79)75-55(52)46(73-60(49)65(66,67)68)20-24-77(6)31-34(3)39-12-18-42(19-13-39)50-53-45-23-27-84-59(45)61(78)74-54(53)36(5)72-64(50)81-7/h8-19,21-23,25-27,32-34,70H,20,24,28-31,69H2,1-7H3,(H,74,78)(H,75,79)(H,76,80). The van der Waals surface area contributed by atoms with E-state index in [1.54, 1.807) is 30.7 Å². The number of ether oxygens (including phenoxy) is 1. The maximum Gasteiger partial charge on any atom is 0.433 e. The van der Waals surface area contributed by atoms with E-state index in [2.05, 4.69) is 80.4 Å². The largest absolute Gasteiger partial charge is 0.481 e. The molecule has 428 valence electrons. The van der Waals surface area contributed by atoms with E-state index >= 15 is 13.2 Å². The van der Waals surface area contributed by atoms with Gasteiger partial charge in [0.15, 0.2) is 5.69 Å². The Balaban J connectivity index is 0.786.